The summed E-state index contributed by atoms with van der Waals surface area (Å²) >= 11 is 6.04. The molecule has 0 bridgehead atoms. The lowest BCUT2D eigenvalue weighted by atomic mass is 10.00. The minimum Gasteiger partial charge on any atom is -0.423 e. The second-order valence-corrected chi connectivity index (χ2v) is 8.60. The number of fused-ring (bicyclic) bond motifs is 1. The summed E-state index contributed by atoms with van der Waals surface area (Å²) in [6.45, 7) is 8.17. The summed E-state index contributed by atoms with van der Waals surface area (Å²) in [5.74, 6) is 0.454. The molecule has 156 valence electrons. The van der Waals surface area contributed by atoms with Crippen molar-refractivity contribution >= 4 is 28.5 Å². The molecule has 0 amide bonds. The average molecular weight is 430 g/mol. The van der Waals surface area contributed by atoms with Gasteiger partial charge in [-0.25, -0.2) is 9.78 Å². The lowest BCUT2D eigenvalue weighted by Gasteiger charge is -2.15. The number of carbonyl (C=O) groups is 1. The number of ether oxygens (including phenoxy) is 1. The lowest BCUT2D eigenvalue weighted by molar-refractivity contribution is 0.0735. The predicted molar refractivity (Wildman–Crippen MR) is 127 cm³/mol. The van der Waals surface area contributed by atoms with E-state index in [0.29, 0.717) is 22.0 Å². The number of esters is 1. The number of carbonyl (C=O) groups excluding carboxylic acids is 1. The molecule has 0 unspecified atom stereocenters. The third-order valence-corrected chi connectivity index (χ3v) is 5.57. The van der Waals surface area contributed by atoms with Gasteiger partial charge in [0.25, 0.3) is 0 Å². The summed E-state index contributed by atoms with van der Waals surface area (Å²) < 4.78 is 5.94. The molecule has 0 saturated heterocycles. The van der Waals surface area contributed by atoms with Gasteiger partial charge in [-0.15, -0.1) is 0 Å². The van der Waals surface area contributed by atoms with E-state index in [1.54, 1.807) is 6.07 Å². The summed E-state index contributed by atoms with van der Waals surface area (Å²) in [7, 11) is 0. The topological polar surface area (TPSA) is 39.2 Å². The molecule has 4 aromatic rings. The third-order valence-electron chi connectivity index (χ3n) is 5.32. The molecule has 3 aromatic carbocycles. The van der Waals surface area contributed by atoms with Crippen LogP contribution >= 0.6 is 11.6 Å². The van der Waals surface area contributed by atoms with Gasteiger partial charge in [-0.05, 0) is 67.3 Å². The van der Waals surface area contributed by atoms with Crippen molar-refractivity contribution in [1.82, 2.24) is 4.98 Å². The molecule has 0 saturated carbocycles. The highest BCUT2D eigenvalue weighted by molar-refractivity contribution is 6.30. The van der Waals surface area contributed by atoms with E-state index in [1.165, 1.54) is 0 Å². The Morgan fingerprint density at radius 1 is 0.903 bits per heavy atom. The molecular weight excluding hydrogens is 406 g/mol. The smallest absolute Gasteiger partial charge is 0.344 e. The van der Waals surface area contributed by atoms with Crippen molar-refractivity contribution in [3.8, 4) is 17.0 Å². The summed E-state index contributed by atoms with van der Waals surface area (Å²) in [6.07, 6.45) is 0. The first-order chi connectivity index (χ1) is 14.8. The molecule has 1 heterocycles. The van der Waals surface area contributed by atoms with E-state index in [1.807, 2.05) is 74.5 Å². The number of halogens is 1. The second kappa shape index (κ2) is 8.52. The third kappa shape index (κ3) is 4.47. The Kier molecular flexibility index (Phi) is 5.79. The van der Waals surface area contributed by atoms with Crippen LogP contribution in [0.25, 0.3) is 22.2 Å². The normalized spacial score (nSPS) is 11.2. The van der Waals surface area contributed by atoms with Gasteiger partial charge in [-0.2, -0.15) is 0 Å². The fraction of sp³-hybridized carbons (Fsp3) is 0.185. The standard InChI is InChI=1S/C27H24ClNO2/c1-16(2)21-11-5-18(4)14-26(21)31-27(30)23-15-25(19-7-9-20(28)10-8-19)29-24-12-6-17(3)13-22(23)24/h5-16H,1-4H3. The van der Waals surface area contributed by atoms with Crippen LogP contribution in [0.15, 0.2) is 66.7 Å². The first-order valence-electron chi connectivity index (χ1n) is 10.3. The van der Waals surface area contributed by atoms with Gasteiger partial charge in [0.2, 0.25) is 0 Å². The molecule has 0 atom stereocenters. The highest BCUT2D eigenvalue weighted by atomic mass is 35.5. The molecular formula is C27H24ClNO2. The van der Waals surface area contributed by atoms with Crippen LogP contribution in [0.1, 0.15) is 46.8 Å². The molecule has 4 rings (SSSR count). The molecule has 0 radical (unpaired) electrons. The minimum absolute atomic E-state index is 0.240. The van der Waals surface area contributed by atoms with Crippen LogP contribution in [0.4, 0.5) is 0 Å². The fourth-order valence-corrected chi connectivity index (χ4v) is 3.76. The molecule has 0 aliphatic heterocycles. The van der Waals surface area contributed by atoms with Crippen molar-refractivity contribution in [2.24, 2.45) is 0 Å². The van der Waals surface area contributed by atoms with E-state index in [9.17, 15) is 4.79 Å². The first-order valence-corrected chi connectivity index (χ1v) is 10.7. The highest BCUT2D eigenvalue weighted by Gasteiger charge is 2.19. The van der Waals surface area contributed by atoms with Crippen LogP contribution in [0.2, 0.25) is 5.02 Å². The number of pyridine rings is 1. The molecule has 31 heavy (non-hydrogen) atoms. The van der Waals surface area contributed by atoms with E-state index in [0.717, 1.165) is 33.2 Å². The van der Waals surface area contributed by atoms with Crippen molar-refractivity contribution < 1.29 is 9.53 Å². The Bertz CT molecular complexity index is 1280. The van der Waals surface area contributed by atoms with Gasteiger partial charge < -0.3 is 4.74 Å². The number of rotatable bonds is 4. The average Bonchev–Trinajstić information content (AvgIpc) is 2.73. The van der Waals surface area contributed by atoms with Crippen LogP contribution in [-0.4, -0.2) is 11.0 Å². The quantitative estimate of drug-likeness (QED) is 0.249. The Labute approximate surface area is 187 Å². The van der Waals surface area contributed by atoms with E-state index in [2.05, 4.69) is 13.8 Å². The van der Waals surface area contributed by atoms with Crippen LogP contribution in [0.3, 0.4) is 0 Å². The number of aromatic nitrogens is 1. The molecule has 0 aliphatic carbocycles. The summed E-state index contributed by atoms with van der Waals surface area (Å²) in [5.41, 5.74) is 5.94. The zero-order valence-electron chi connectivity index (χ0n) is 18.1. The van der Waals surface area contributed by atoms with E-state index >= 15 is 0 Å². The lowest BCUT2D eigenvalue weighted by Crippen LogP contribution is -2.12. The number of hydrogen-bond acceptors (Lipinski definition) is 3. The van der Waals surface area contributed by atoms with Crippen LogP contribution < -0.4 is 4.74 Å². The Morgan fingerprint density at radius 2 is 1.58 bits per heavy atom. The van der Waals surface area contributed by atoms with Crippen molar-refractivity contribution in [2.75, 3.05) is 0 Å². The maximum absolute atomic E-state index is 13.4. The Morgan fingerprint density at radius 3 is 2.29 bits per heavy atom. The molecule has 0 aliphatic rings. The Balaban J connectivity index is 1.84. The number of hydrogen-bond donors (Lipinski definition) is 0. The SMILES string of the molecule is Cc1ccc(C(C)C)c(OC(=O)c2cc(-c3ccc(Cl)cc3)nc3ccc(C)cc23)c1. The van der Waals surface area contributed by atoms with Crippen LogP contribution in [0, 0.1) is 13.8 Å². The molecule has 3 nitrogen and oxygen atoms in total. The molecule has 0 fully saturated rings. The Hall–Kier alpha value is -3.17. The van der Waals surface area contributed by atoms with E-state index in [4.69, 9.17) is 21.3 Å². The molecule has 4 heteroatoms. The fourth-order valence-electron chi connectivity index (χ4n) is 3.64. The zero-order chi connectivity index (χ0) is 22.1. The maximum Gasteiger partial charge on any atom is 0.344 e. The van der Waals surface area contributed by atoms with Gasteiger partial charge in [-0.3, -0.25) is 0 Å². The van der Waals surface area contributed by atoms with Gasteiger partial charge in [0.1, 0.15) is 5.75 Å². The molecule has 0 spiro atoms. The summed E-state index contributed by atoms with van der Waals surface area (Å²) in [4.78, 5) is 18.2. The van der Waals surface area contributed by atoms with E-state index < -0.39 is 0 Å². The van der Waals surface area contributed by atoms with Crippen LogP contribution in [-0.2, 0) is 0 Å². The van der Waals surface area contributed by atoms with Crippen molar-refractivity contribution in [1.29, 1.82) is 0 Å². The summed E-state index contributed by atoms with van der Waals surface area (Å²) in [6, 6.07) is 21.1. The van der Waals surface area contributed by atoms with Crippen molar-refractivity contribution in [2.45, 2.75) is 33.6 Å². The maximum atomic E-state index is 13.4. The monoisotopic (exact) mass is 429 g/mol. The van der Waals surface area contributed by atoms with Gasteiger partial charge in [0.15, 0.2) is 0 Å². The van der Waals surface area contributed by atoms with Gasteiger partial charge >= 0.3 is 5.97 Å². The van der Waals surface area contributed by atoms with Gasteiger partial charge in [0, 0.05) is 16.0 Å². The number of aryl methyl sites for hydroxylation is 2. The second-order valence-electron chi connectivity index (χ2n) is 8.17. The highest BCUT2D eigenvalue weighted by Crippen LogP contribution is 2.31. The van der Waals surface area contributed by atoms with Crippen molar-refractivity contribution in [3.05, 3.63) is 94.0 Å². The zero-order valence-corrected chi connectivity index (χ0v) is 18.8. The van der Waals surface area contributed by atoms with Crippen LogP contribution in [0.5, 0.6) is 5.75 Å². The minimum atomic E-state index is -0.388. The van der Waals surface area contributed by atoms with Crippen molar-refractivity contribution in [3.63, 3.8) is 0 Å². The summed E-state index contributed by atoms with van der Waals surface area (Å²) in [5, 5.41) is 1.43. The number of benzene rings is 3. The van der Waals surface area contributed by atoms with E-state index in [-0.39, 0.29) is 11.9 Å². The first kappa shape index (κ1) is 21.1. The predicted octanol–water partition coefficient (Wildman–Crippen LogP) is 7.51. The van der Waals surface area contributed by atoms with Gasteiger partial charge in [-0.1, -0.05) is 61.3 Å². The molecule has 0 N–H and O–H groups in total. The number of nitrogens with zero attached hydrogens (tertiary/aromatic N) is 1. The largest absolute Gasteiger partial charge is 0.423 e. The van der Waals surface area contributed by atoms with Gasteiger partial charge in [0.05, 0.1) is 16.8 Å². The molecule has 1 aromatic heterocycles.